The lowest BCUT2D eigenvalue weighted by molar-refractivity contribution is 0.176. The van der Waals surface area contributed by atoms with E-state index in [1.54, 1.807) is 0 Å². The zero-order chi connectivity index (χ0) is 8.97. The molecule has 0 saturated carbocycles. The summed E-state index contributed by atoms with van der Waals surface area (Å²) < 4.78 is 0. The Hall–Kier alpha value is -0.810. The Labute approximate surface area is 71.5 Å². The van der Waals surface area contributed by atoms with Gasteiger partial charge in [-0.3, -0.25) is 4.90 Å². The van der Waals surface area contributed by atoms with Crippen molar-refractivity contribution in [2.24, 2.45) is 5.73 Å². The van der Waals surface area contributed by atoms with Gasteiger partial charge in [-0.05, 0) is 6.42 Å². The van der Waals surface area contributed by atoms with E-state index < -0.39 is 6.03 Å². The number of urea groups is 1. The smallest absolute Gasteiger partial charge is 0.312 e. The van der Waals surface area contributed by atoms with Crippen molar-refractivity contribution in [1.82, 2.24) is 10.2 Å². The van der Waals surface area contributed by atoms with Crippen LogP contribution in [0.4, 0.5) is 4.79 Å². The van der Waals surface area contributed by atoms with Crippen LogP contribution < -0.4 is 11.1 Å². The van der Waals surface area contributed by atoms with Crippen molar-refractivity contribution in [1.29, 1.82) is 0 Å². The maximum atomic E-state index is 10.3. The van der Waals surface area contributed by atoms with Gasteiger partial charge in [-0.15, -0.1) is 0 Å². The van der Waals surface area contributed by atoms with Crippen molar-refractivity contribution in [2.45, 2.75) is 12.5 Å². The minimum Gasteiger partial charge on any atom is -0.392 e. The molecule has 1 saturated heterocycles. The largest absolute Gasteiger partial charge is 0.392 e. The molecule has 4 N–H and O–H groups in total. The van der Waals surface area contributed by atoms with Gasteiger partial charge in [0.2, 0.25) is 0 Å². The Bertz CT molecular complexity index is 163. The maximum Gasteiger partial charge on any atom is 0.312 e. The number of likely N-dealkylation sites (tertiary alicyclic amines) is 1. The Morgan fingerprint density at radius 1 is 1.75 bits per heavy atom. The molecule has 5 heteroatoms. The molecule has 1 aliphatic rings. The third kappa shape index (κ3) is 3.06. The first-order valence-electron chi connectivity index (χ1n) is 4.12. The van der Waals surface area contributed by atoms with E-state index in [1.165, 1.54) is 0 Å². The van der Waals surface area contributed by atoms with E-state index in [2.05, 4.69) is 10.2 Å². The topological polar surface area (TPSA) is 78.6 Å². The van der Waals surface area contributed by atoms with Gasteiger partial charge in [-0.1, -0.05) is 0 Å². The normalized spacial score (nSPS) is 24.2. The summed E-state index contributed by atoms with van der Waals surface area (Å²) in [5, 5.41) is 11.7. The lowest BCUT2D eigenvalue weighted by Crippen LogP contribution is -2.36. The van der Waals surface area contributed by atoms with Crippen molar-refractivity contribution >= 4 is 6.03 Å². The zero-order valence-corrected chi connectivity index (χ0v) is 6.99. The number of amides is 2. The predicted molar refractivity (Wildman–Crippen MR) is 44.6 cm³/mol. The van der Waals surface area contributed by atoms with E-state index in [1.807, 2.05) is 0 Å². The molecule has 0 bridgehead atoms. The number of aliphatic hydroxyl groups excluding tert-OH is 1. The maximum absolute atomic E-state index is 10.3. The summed E-state index contributed by atoms with van der Waals surface area (Å²) in [6.07, 6.45) is 0.634. The number of β-amino-alcohol motifs (C(OH)–C–C–N with tert-alkyl or cyclic N) is 1. The summed E-state index contributed by atoms with van der Waals surface area (Å²) >= 11 is 0. The van der Waals surface area contributed by atoms with Crippen LogP contribution in [-0.2, 0) is 0 Å². The van der Waals surface area contributed by atoms with E-state index >= 15 is 0 Å². The van der Waals surface area contributed by atoms with Gasteiger partial charge in [0.05, 0.1) is 6.10 Å². The molecule has 0 aliphatic carbocycles. The van der Waals surface area contributed by atoms with Crippen LogP contribution in [0.2, 0.25) is 0 Å². The molecule has 70 valence electrons. The van der Waals surface area contributed by atoms with E-state index in [-0.39, 0.29) is 6.10 Å². The first-order chi connectivity index (χ1) is 5.68. The van der Waals surface area contributed by atoms with Gasteiger partial charge in [0.15, 0.2) is 0 Å². The Morgan fingerprint density at radius 2 is 2.50 bits per heavy atom. The highest BCUT2D eigenvalue weighted by molar-refractivity contribution is 5.71. The van der Waals surface area contributed by atoms with Gasteiger partial charge in [0, 0.05) is 26.2 Å². The molecular formula is C7H15N3O2. The van der Waals surface area contributed by atoms with Gasteiger partial charge in [-0.2, -0.15) is 0 Å². The van der Waals surface area contributed by atoms with Gasteiger partial charge in [-0.25, -0.2) is 4.79 Å². The first kappa shape index (κ1) is 9.28. The van der Waals surface area contributed by atoms with Crippen LogP contribution >= 0.6 is 0 Å². The number of carbonyl (C=O) groups excluding carboxylic acids is 1. The summed E-state index contributed by atoms with van der Waals surface area (Å²) in [5.41, 5.74) is 4.89. The average Bonchev–Trinajstić information content (AvgIpc) is 2.35. The molecule has 1 aliphatic heterocycles. The number of hydrogen-bond donors (Lipinski definition) is 3. The summed E-state index contributed by atoms with van der Waals surface area (Å²) in [7, 11) is 0. The van der Waals surface area contributed by atoms with Gasteiger partial charge < -0.3 is 16.2 Å². The second-order valence-corrected chi connectivity index (χ2v) is 3.03. The number of nitrogens with two attached hydrogens (primary N) is 1. The van der Waals surface area contributed by atoms with E-state index in [9.17, 15) is 4.79 Å². The Balaban J connectivity index is 2.04. The highest BCUT2D eigenvalue weighted by Crippen LogP contribution is 2.06. The van der Waals surface area contributed by atoms with Crippen molar-refractivity contribution in [2.75, 3.05) is 26.2 Å². The van der Waals surface area contributed by atoms with Crippen molar-refractivity contribution in [3.05, 3.63) is 0 Å². The molecular weight excluding hydrogens is 158 g/mol. The van der Waals surface area contributed by atoms with Crippen molar-refractivity contribution < 1.29 is 9.90 Å². The lowest BCUT2D eigenvalue weighted by Gasteiger charge is -2.13. The van der Waals surface area contributed by atoms with Gasteiger partial charge >= 0.3 is 6.03 Å². The second kappa shape index (κ2) is 4.27. The Morgan fingerprint density at radius 3 is 3.00 bits per heavy atom. The number of nitrogens with zero attached hydrogens (tertiary/aromatic N) is 1. The molecule has 0 unspecified atom stereocenters. The number of rotatable bonds is 3. The molecule has 1 atom stereocenters. The van der Waals surface area contributed by atoms with E-state index in [0.29, 0.717) is 13.1 Å². The third-order valence-electron chi connectivity index (χ3n) is 1.97. The molecule has 5 nitrogen and oxygen atoms in total. The van der Waals surface area contributed by atoms with Crippen LogP contribution in [0.25, 0.3) is 0 Å². The number of primary amides is 1. The minimum absolute atomic E-state index is 0.196. The summed E-state index contributed by atoms with van der Waals surface area (Å²) in [5.74, 6) is 0. The quantitative estimate of drug-likeness (QED) is 0.497. The molecule has 2 amide bonds. The molecule has 0 aromatic carbocycles. The van der Waals surface area contributed by atoms with Crippen molar-refractivity contribution in [3.63, 3.8) is 0 Å². The fourth-order valence-electron chi connectivity index (χ4n) is 1.35. The highest BCUT2D eigenvalue weighted by atomic mass is 16.3. The van der Waals surface area contributed by atoms with Crippen LogP contribution in [0.3, 0.4) is 0 Å². The molecule has 0 aromatic rings. The van der Waals surface area contributed by atoms with Crippen LogP contribution in [0.15, 0.2) is 0 Å². The molecule has 0 spiro atoms. The van der Waals surface area contributed by atoms with Crippen LogP contribution in [0, 0.1) is 0 Å². The highest BCUT2D eigenvalue weighted by Gasteiger charge is 2.18. The molecule has 0 aromatic heterocycles. The minimum atomic E-state index is -0.491. The average molecular weight is 173 g/mol. The Kier molecular flexibility index (Phi) is 3.31. The number of aliphatic hydroxyl groups is 1. The van der Waals surface area contributed by atoms with Crippen LogP contribution in [0.5, 0.6) is 0 Å². The van der Waals surface area contributed by atoms with Crippen molar-refractivity contribution in [3.8, 4) is 0 Å². The summed E-state index contributed by atoms with van der Waals surface area (Å²) in [4.78, 5) is 12.4. The third-order valence-corrected chi connectivity index (χ3v) is 1.97. The van der Waals surface area contributed by atoms with Crippen LogP contribution in [0.1, 0.15) is 6.42 Å². The van der Waals surface area contributed by atoms with Gasteiger partial charge in [0.1, 0.15) is 0 Å². The fourth-order valence-corrected chi connectivity index (χ4v) is 1.35. The van der Waals surface area contributed by atoms with Gasteiger partial charge in [0.25, 0.3) is 0 Å². The van der Waals surface area contributed by atoms with E-state index in [4.69, 9.17) is 10.8 Å². The lowest BCUT2D eigenvalue weighted by atomic mass is 10.3. The molecule has 1 fully saturated rings. The first-order valence-corrected chi connectivity index (χ1v) is 4.12. The summed E-state index contributed by atoms with van der Waals surface area (Å²) in [6.45, 7) is 2.93. The molecule has 1 rings (SSSR count). The predicted octanol–water partition coefficient (Wildman–Crippen LogP) is -1.28. The molecule has 1 heterocycles. The molecule has 0 radical (unpaired) electrons. The number of nitrogens with one attached hydrogen (secondary N) is 1. The van der Waals surface area contributed by atoms with Crippen LogP contribution in [-0.4, -0.2) is 48.3 Å². The molecule has 12 heavy (non-hydrogen) atoms. The number of hydrogen-bond acceptors (Lipinski definition) is 3. The zero-order valence-electron chi connectivity index (χ0n) is 6.99. The second-order valence-electron chi connectivity index (χ2n) is 3.03. The summed E-state index contributed by atoms with van der Waals surface area (Å²) in [6, 6.07) is -0.491. The standard InChI is InChI=1S/C7H15N3O2/c8-7(12)9-2-4-10-3-1-6(11)5-10/h6,11H,1-5H2,(H3,8,9,12)/t6-/m1/s1. The monoisotopic (exact) mass is 173 g/mol. The number of carbonyl (C=O) groups is 1. The van der Waals surface area contributed by atoms with E-state index in [0.717, 1.165) is 19.5 Å². The SMILES string of the molecule is NC(=O)NCCN1CC[C@@H](O)C1. The fraction of sp³-hybridized carbons (Fsp3) is 0.857.